The minimum atomic E-state index is -0.227. The van der Waals surface area contributed by atoms with E-state index in [1.807, 2.05) is 24.1 Å². The van der Waals surface area contributed by atoms with Gasteiger partial charge in [0.1, 0.15) is 5.40 Å². The molecule has 0 aliphatic carbocycles. The van der Waals surface area contributed by atoms with Gasteiger partial charge in [-0.3, -0.25) is 4.79 Å². The molecule has 13 heavy (non-hydrogen) atoms. The number of hydrogen-bond acceptors (Lipinski definition) is 3. The number of thiocyanates is 1. The third-order valence-electron chi connectivity index (χ3n) is 2.46. The molecule has 0 aromatic carbocycles. The molecule has 0 spiro atoms. The molecule has 72 valence electrons. The molecule has 0 N–H and O–H groups in total. The van der Waals surface area contributed by atoms with Crippen LogP contribution in [0.4, 0.5) is 0 Å². The summed E-state index contributed by atoms with van der Waals surface area (Å²) in [5.41, 5.74) is 0. The first-order valence-electron chi connectivity index (χ1n) is 4.44. The van der Waals surface area contributed by atoms with Crippen molar-refractivity contribution in [1.82, 2.24) is 4.90 Å². The molecule has 1 aliphatic rings. The normalized spacial score (nSPS) is 28.9. The molecular formula is C9H14N2OS. The van der Waals surface area contributed by atoms with Gasteiger partial charge >= 0.3 is 0 Å². The van der Waals surface area contributed by atoms with Gasteiger partial charge in [-0.2, -0.15) is 5.26 Å². The van der Waals surface area contributed by atoms with Gasteiger partial charge in [-0.1, -0.05) is 0 Å². The molecule has 1 amide bonds. The number of rotatable bonds is 2. The van der Waals surface area contributed by atoms with E-state index in [4.69, 9.17) is 5.26 Å². The van der Waals surface area contributed by atoms with Gasteiger partial charge in [-0.05, 0) is 39.0 Å². The Bertz CT molecular complexity index is 240. The number of carbonyl (C=O) groups is 1. The highest BCUT2D eigenvalue weighted by atomic mass is 32.2. The van der Waals surface area contributed by atoms with E-state index < -0.39 is 0 Å². The number of nitrogens with zero attached hydrogens (tertiary/aromatic N) is 2. The van der Waals surface area contributed by atoms with E-state index in [0.717, 1.165) is 18.2 Å². The summed E-state index contributed by atoms with van der Waals surface area (Å²) >= 11 is 1.04. The van der Waals surface area contributed by atoms with Crippen molar-refractivity contribution in [3.05, 3.63) is 0 Å². The van der Waals surface area contributed by atoms with Crippen molar-refractivity contribution in [3.63, 3.8) is 0 Å². The molecule has 1 fully saturated rings. The minimum absolute atomic E-state index is 0.0952. The lowest BCUT2D eigenvalue weighted by Gasteiger charge is -2.46. The average molecular weight is 198 g/mol. The first-order chi connectivity index (χ1) is 6.07. The molecule has 3 unspecified atom stereocenters. The molecule has 0 saturated carbocycles. The number of likely N-dealkylation sites (tertiary alicyclic amines) is 1. The third kappa shape index (κ3) is 1.97. The molecule has 0 aromatic heterocycles. The molecule has 0 aromatic rings. The van der Waals surface area contributed by atoms with Crippen LogP contribution in [0, 0.1) is 10.7 Å². The van der Waals surface area contributed by atoms with Gasteiger partial charge in [0, 0.05) is 12.1 Å². The van der Waals surface area contributed by atoms with E-state index in [0.29, 0.717) is 12.1 Å². The largest absolute Gasteiger partial charge is 0.336 e. The summed E-state index contributed by atoms with van der Waals surface area (Å²) < 4.78 is 0. The number of hydrogen-bond donors (Lipinski definition) is 0. The van der Waals surface area contributed by atoms with Gasteiger partial charge < -0.3 is 4.90 Å². The van der Waals surface area contributed by atoms with Gasteiger partial charge in [0.05, 0.1) is 5.25 Å². The van der Waals surface area contributed by atoms with Crippen molar-refractivity contribution in [2.75, 3.05) is 0 Å². The minimum Gasteiger partial charge on any atom is -0.336 e. The Morgan fingerprint density at radius 2 is 2.15 bits per heavy atom. The highest BCUT2D eigenvalue weighted by molar-refractivity contribution is 8.04. The Balaban J connectivity index is 2.52. The lowest BCUT2D eigenvalue weighted by Crippen LogP contribution is -2.57. The summed E-state index contributed by atoms with van der Waals surface area (Å²) in [5, 5.41) is 10.2. The zero-order valence-corrected chi connectivity index (χ0v) is 8.97. The van der Waals surface area contributed by atoms with Crippen LogP contribution < -0.4 is 0 Å². The van der Waals surface area contributed by atoms with Crippen LogP contribution >= 0.6 is 11.8 Å². The SMILES string of the molecule is CC(SC#N)C(=O)N1C(C)CC1C. The standard InChI is InChI=1S/C9H14N2OS/c1-6-4-7(2)11(6)9(12)8(3)13-5-10/h6-8H,4H2,1-3H3. The summed E-state index contributed by atoms with van der Waals surface area (Å²) in [4.78, 5) is 13.6. The summed E-state index contributed by atoms with van der Waals surface area (Å²) in [6.07, 6.45) is 1.08. The van der Waals surface area contributed by atoms with Crippen LogP contribution in [0.2, 0.25) is 0 Å². The Morgan fingerprint density at radius 1 is 1.62 bits per heavy atom. The fourth-order valence-electron chi connectivity index (χ4n) is 1.79. The first kappa shape index (κ1) is 10.4. The second-order valence-corrected chi connectivity index (χ2v) is 4.66. The quantitative estimate of drug-likeness (QED) is 0.633. The van der Waals surface area contributed by atoms with Gasteiger partial charge in [-0.25, -0.2) is 0 Å². The molecule has 0 radical (unpaired) electrons. The Kier molecular flexibility index (Phi) is 3.21. The Morgan fingerprint density at radius 3 is 2.54 bits per heavy atom. The van der Waals surface area contributed by atoms with Gasteiger partial charge in [-0.15, -0.1) is 0 Å². The highest BCUT2D eigenvalue weighted by Crippen LogP contribution is 2.27. The van der Waals surface area contributed by atoms with E-state index in [9.17, 15) is 4.79 Å². The van der Waals surface area contributed by atoms with E-state index in [1.165, 1.54) is 0 Å². The topological polar surface area (TPSA) is 44.1 Å². The molecular weight excluding hydrogens is 184 g/mol. The van der Waals surface area contributed by atoms with Gasteiger partial charge in [0.15, 0.2) is 0 Å². The van der Waals surface area contributed by atoms with Crippen LogP contribution in [-0.4, -0.2) is 28.1 Å². The maximum atomic E-state index is 11.7. The smallest absolute Gasteiger partial charge is 0.236 e. The van der Waals surface area contributed by atoms with Crippen molar-refractivity contribution >= 4 is 17.7 Å². The molecule has 3 atom stereocenters. The summed E-state index contributed by atoms with van der Waals surface area (Å²) in [6.45, 7) is 5.87. The van der Waals surface area contributed by atoms with Crippen LogP contribution in [0.5, 0.6) is 0 Å². The second kappa shape index (κ2) is 4.01. The lowest BCUT2D eigenvalue weighted by atomic mass is 9.95. The predicted octanol–water partition coefficient (Wildman–Crippen LogP) is 1.60. The van der Waals surface area contributed by atoms with Crippen LogP contribution in [0.1, 0.15) is 27.2 Å². The molecule has 0 bridgehead atoms. The monoisotopic (exact) mass is 198 g/mol. The maximum absolute atomic E-state index is 11.7. The van der Waals surface area contributed by atoms with Crippen LogP contribution in [0.15, 0.2) is 0 Å². The maximum Gasteiger partial charge on any atom is 0.236 e. The summed E-state index contributed by atoms with van der Waals surface area (Å²) in [6, 6.07) is 0.702. The van der Waals surface area contributed by atoms with E-state index in [-0.39, 0.29) is 11.2 Å². The second-order valence-electron chi connectivity index (χ2n) is 3.53. The van der Waals surface area contributed by atoms with E-state index in [1.54, 1.807) is 6.92 Å². The fourth-order valence-corrected chi connectivity index (χ4v) is 2.17. The highest BCUT2D eigenvalue weighted by Gasteiger charge is 2.37. The van der Waals surface area contributed by atoms with E-state index >= 15 is 0 Å². The molecule has 4 heteroatoms. The third-order valence-corrected chi connectivity index (χ3v) is 3.12. The van der Waals surface area contributed by atoms with Crippen LogP contribution in [-0.2, 0) is 4.79 Å². The zero-order valence-electron chi connectivity index (χ0n) is 8.15. The van der Waals surface area contributed by atoms with Crippen molar-refractivity contribution in [2.45, 2.75) is 44.5 Å². The number of amides is 1. The van der Waals surface area contributed by atoms with Crippen LogP contribution in [0.25, 0.3) is 0 Å². The molecule has 3 nitrogen and oxygen atoms in total. The Labute approximate surface area is 83.1 Å². The average Bonchev–Trinajstić information content (AvgIpc) is 2.04. The van der Waals surface area contributed by atoms with E-state index in [2.05, 4.69) is 0 Å². The van der Waals surface area contributed by atoms with Gasteiger partial charge in [0.25, 0.3) is 0 Å². The van der Waals surface area contributed by atoms with Crippen molar-refractivity contribution in [1.29, 1.82) is 5.26 Å². The van der Waals surface area contributed by atoms with Crippen molar-refractivity contribution in [3.8, 4) is 5.40 Å². The lowest BCUT2D eigenvalue weighted by molar-refractivity contribution is -0.141. The summed E-state index contributed by atoms with van der Waals surface area (Å²) in [5.74, 6) is 0.0952. The number of carbonyl (C=O) groups excluding carboxylic acids is 1. The number of thioether (sulfide) groups is 1. The number of nitriles is 1. The molecule has 1 saturated heterocycles. The fraction of sp³-hybridized carbons (Fsp3) is 0.778. The molecule has 1 rings (SSSR count). The van der Waals surface area contributed by atoms with Crippen molar-refractivity contribution in [2.24, 2.45) is 0 Å². The molecule has 1 aliphatic heterocycles. The summed E-state index contributed by atoms with van der Waals surface area (Å²) in [7, 11) is 0. The predicted molar refractivity (Wildman–Crippen MR) is 53.1 cm³/mol. The van der Waals surface area contributed by atoms with Gasteiger partial charge in [0.2, 0.25) is 5.91 Å². The van der Waals surface area contributed by atoms with Crippen molar-refractivity contribution < 1.29 is 4.79 Å². The zero-order chi connectivity index (χ0) is 10.0. The Hall–Kier alpha value is -0.690. The first-order valence-corrected chi connectivity index (χ1v) is 5.32. The molecule has 1 heterocycles. The van der Waals surface area contributed by atoms with Crippen LogP contribution in [0.3, 0.4) is 0 Å².